The van der Waals surface area contributed by atoms with Gasteiger partial charge in [-0.2, -0.15) is 0 Å². The fraction of sp³-hybridized carbons (Fsp3) is 0.308. The molecule has 2 N–H and O–H groups in total. The third kappa shape index (κ3) is 2.43. The molecule has 1 amide bonds. The molecule has 1 aliphatic carbocycles. The number of aromatic hydroxyl groups is 1. The van der Waals surface area contributed by atoms with Crippen molar-refractivity contribution in [1.29, 1.82) is 0 Å². The first-order chi connectivity index (χ1) is 10.7. The van der Waals surface area contributed by atoms with Gasteiger partial charge in [0.05, 0.1) is 15.9 Å². The number of non-ortho nitro benzene ring substituents is 1. The van der Waals surface area contributed by atoms with Crippen molar-refractivity contribution in [3.63, 3.8) is 0 Å². The predicted molar refractivity (Wildman–Crippen MR) is 83.3 cm³/mol. The normalized spacial score (nSPS) is 22.6. The van der Waals surface area contributed by atoms with E-state index in [-0.39, 0.29) is 29.1 Å². The second-order valence-electron chi connectivity index (χ2n) is 5.53. The fourth-order valence-electron chi connectivity index (χ4n) is 2.20. The molecule has 0 radical (unpaired) electrons. The first-order valence-corrected chi connectivity index (χ1v) is 7.24. The fourth-order valence-corrected chi connectivity index (χ4v) is 2.90. The molecule has 1 heterocycles. The van der Waals surface area contributed by atoms with E-state index in [2.05, 4.69) is 15.2 Å². The quantitative estimate of drug-likeness (QED) is 0.373. The highest BCUT2D eigenvalue weighted by Crippen LogP contribution is 2.64. The van der Waals surface area contributed by atoms with Crippen molar-refractivity contribution < 1.29 is 14.8 Å². The number of alkyl halides is 2. The highest BCUT2D eigenvalue weighted by Gasteiger charge is 2.68. The zero-order chi connectivity index (χ0) is 17.0. The number of aromatic amines is 1. The molecule has 0 aliphatic heterocycles. The molecular formula is C13H10Cl2N4O4. The number of azo groups is 1. The minimum absolute atomic E-state index is 0.0592. The first-order valence-electron chi connectivity index (χ1n) is 6.49. The van der Waals surface area contributed by atoms with Gasteiger partial charge in [-0.15, -0.1) is 33.4 Å². The van der Waals surface area contributed by atoms with E-state index < -0.39 is 20.6 Å². The molecule has 10 heteroatoms. The summed E-state index contributed by atoms with van der Waals surface area (Å²) in [4.78, 5) is 24.9. The Kier molecular flexibility index (Phi) is 3.35. The summed E-state index contributed by atoms with van der Waals surface area (Å²) in [6, 6.07) is 3.94. The van der Waals surface area contributed by atoms with Gasteiger partial charge in [-0.25, -0.2) is 0 Å². The van der Waals surface area contributed by atoms with Crippen LogP contribution in [0.25, 0.3) is 10.9 Å². The van der Waals surface area contributed by atoms with Crippen LogP contribution in [0.1, 0.15) is 13.3 Å². The lowest BCUT2D eigenvalue weighted by atomic mass is 10.1. The molecule has 1 saturated carbocycles. The van der Waals surface area contributed by atoms with Crippen molar-refractivity contribution in [1.82, 2.24) is 4.98 Å². The standard InChI is InChI=1S/C13H10Cl2N4O4/c1-12(5-13(12,14)15)11(21)18-17-9-7-4-6(19(22)23)2-3-8(7)16-10(9)20/h2-4,16,20H,5H2,1H3. The van der Waals surface area contributed by atoms with E-state index >= 15 is 0 Å². The number of amides is 1. The van der Waals surface area contributed by atoms with Gasteiger partial charge in [-0.05, 0) is 19.4 Å². The second kappa shape index (κ2) is 4.90. The Morgan fingerprint density at radius 2 is 2.13 bits per heavy atom. The van der Waals surface area contributed by atoms with Crippen LogP contribution >= 0.6 is 23.2 Å². The number of nitro benzene ring substituents is 1. The molecule has 0 spiro atoms. The van der Waals surface area contributed by atoms with E-state index in [4.69, 9.17) is 23.2 Å². The third-order valence-corrected chi connectivity index (χ3v) is 5.02. The topological polar surface area (TPSA) is 121 Å². The molecule has 1 aromatic carbocycles. The molecule has 8 nitrogen and oxygen atoms in total. The van der Waals surface area contributed by atoms with Crippen LogP contribution in [0.5, 0.6) is 5.88 Å². The van der Waals surface area contributed by atoms with Crippen LogP contribution < -0.4 is 0 Å². The van der Waals surface area contributed by atoms with Crippen molar-refractivity contribution in [2.45, 2.75) is 17.7 Å². The molecule has 1 unspecified atom stereocenters. The number of aromatic nitrogens is 1. The van der Waals surface area contributed by atoms with Gasteiger partial charge in [0.25, 0.3) is 11.6 Å². The van der Waals surface area contributed by atoms with Crippen LogP contribution in [0, 0.1) is 15.5 Å². The molecule has 1 atom stereocenters. The van der Waals surface area contributed by atoms with Crippen molar-refractivity contribution in [2.75, 3.05) is 0 Å². The molecule has 23 heavy (non-hydrogen) atoms. The lowest BCUT2D eigenvalue weighted by Gasteiger charge is -2.04. The summed E-state index contributed by atoms with van der Waals surface area (Å²) < 4.78 is -1.18. The maximum absolute atomic E-state index is 12.0. The SMILES string of the molecule is CC1(C(=O)N=Nc2c(O)[nH]c3ccc([N+](=O)[O-])cc23)CC1(Cl)Cl. The summed E-state index contributed by atoms with van der Waals surface area (Å²) in [7, 11) is 0. The second-order valence-corrected chi connectivity index (χ2v) is 7.01. The van der Waals surface area contributed by atoms with Crippen LogP contribution in [-0.2, 0) is 4.79 Å². The lowest BCUT2D eigenvalue weighted by Crippen LogP contribution is -2.15. The van der Waals surface area contributed by atoms with Gasteiger partial charge in [-0.3, -0.25) is 14.9 Å². The molecule has 0 saturated heterocycles. The molecule has 1 fully saturated rings. The van der Waals surface area contributed by atoms with Gasteiger partial charge in [-0.1, -0.05) is 0 Å². The number of nitrogens with zero attached hydrogens (tertiary/aromatic N) is 3. The maximum atomic E-state index is 12.0. The van der Waals surface area contributed by atoms with Crippen molar-refractivity contribution in [2.24, 2.45) is 15.6 Å². The Labute approximate surface area is 139 Å². The molecular weight excluding hydrogens is 347 g/mol. The summed E-state index contributed by atoms with van der Waals surface area (Å²) in [6.07, 6.45) is 0.256. The number of benzene rings is 1. The maximum Gasteiger partial charge on any atom is 0.273 e. The van der Waals surface area contributed by atoms with Gasteiger partial charge < -0.3 is 10.1 Å². The van der Waals surface area contributed by atoms with E-state index in [9.17, 15) is 20.0 Å². The monoisotopic (exact) mass is 356 g/mol. The number of carbonyl (C=O) groups excluding carboxylic acids is 1. The number of hydrogen-bond acceptors (Lipinski definition) is 5. The third-order valence-electron chi connectivity index (χ3n) is 3.92. The minimum atomic E-state index is -1.18. The molecule has 0 bridgehead atoms. The minimum Gasteiger partial charge on any atom is -0.493 e. The molecule has 120 valence electrons. The van der Waals surface area contributed by atoms with E-state index in [0.717, 1.165) is 0 Å². The van der Waals surface area contributed by atoms with E-state index in [1.54, 1.807) is 6.92 Å². The number of nitro groups is 1. The van der Waals surface area contributed by atoms with E-state index in [1.807, 2.05) is 0 Å². The Hall–Kier alpha value is -2.19. The lowest BCUT2D eigenvalue weighted by molar-refractivity contribution is -0.384. The molecule has 1 aliphatic rings. The van der Waals surface area contributed by atoms with Gasteiger partial charge in [0, 0.05) is 17.5 Å². The van der Waals surface area contributed by atoms with E-state index in [0.29, 0.717) is 5.52 Å². The largest absolute Gasteiger partial charge is 0.493 e. The number of rotatable bonds is 3. The van der Waals surface area contributed by atoms with Crippen LogP contribution in [0.4, 0.5) is 11.4 Å². The van der Waals surface area contributed by atoms with Gasteiger partial charge in [0.1, 0.15) is 4.33 Å². The first kappa shape index (κ1) is 15.7. The Balaban J connectivity index is 1.98. The number of H-pyrrole nitrogens is 1. The van der Waals surface area contributed by atoms with Crippen molar-refractivity contribution >= 4 is 51.4 Å². The van der Waals surface area contributed by atoms with Crippen molar-refractivity contribution in [3.8, 4) is 5.88 Å². The van der Waals surface area contributed by atoms with E-state index in [1.165, 1.54) is 18.2 Å². The number of carbonyl (C=O) groups is 1. The van der Waals surface area contributed by atoms with Crippen LogP contribution in [0.3, 0.4) is 0 Å². The van der Waals surface area contributed by atoms with Gasteiger partial charge >= 0.3 is 0 Å². The van der Waals surface area contributed by atoms with Crippen molar-refractivity contribution in [3.05, 3.63) is 28.3 Å². The summed E-state index contributed by atoms with van der Waals surface area (Å²) in [5.41, 5.74) is -0.825. The number of fused-ring (bicyclic) bond motifs is 1. The highest BCUT2D eigenvalue weighted by atomic mass is 35.5. The molecule has 2 aromatic rings. The van der Waals surface area contributed by atoms with Gasteiger partial charge in [0.15, 0.2) is 5.69 Å². The predicted octanol–water partition coefficient (Wildman–Crippen LogP) is 3.98. The Morgan fingerprint density at radius 1 is 1.48 bits per heavy atom. The number of halogens is 2. The Bertz CT molecular complexity index is 876. The van der Waals surface area contributed by atoms with Gasteiger partial charge in [0.2, 0.25) is 5.88 Å². The average molecular weight is 357 g/mol. The number of nitrogens with one attached hydrogen (secondary N) is 1. The van der Waals surface area contributed by atoms with Crippen LogP contribution in [0.15, 0.2) is 28.4 Å². The van der Waals surface area contributed by atoms with Crippen LogP contribution in [0.2, 0.25) is 0 Å². The summed E-state index contributed by atoms with van der Waals surface area (Å²) >= 11 is 11.8. The number of hydrogen-bond donors (Lipinski definition) is 2. The molecule has 3 rings (SSSR count). The molecule has 1 aromatic heterocycles. The summed E-state index contributed by atoms with van der Waals surface area (Å²) in [6.45, 7) is 1.56. The van der Waals surface area contributed by atoms with Crippen LogP contribution in [-0.4, -0.2) is 25.3 Å². The summed E-state index contributed by atoms with van der Waals surface area (Å²) in [5.74, 6) is -0.970. The average Bonchev–Trinajstić information content (AvgIpc) is 2.84. The Morgan fingerprint density at radius 3 is 2.70 bits per heavy atom. The smallest absolute Gasteiger partial charge is 0.273 e. The zero-order valence-electron chi connectivity index (χ0n) is 11.7. The summed E-state index contributed by atoms with van der Waals surface area (Å²) in [5, 5.41) is 28.2. The highest BCUT2D eigenvalue weighted by molar-refractivity contribution is 6.53. The zero-order valence-corrected chi connectivity index (χ0v) is 13.2.